The Labute approximate surface area is 178 Å². The molecule has 2 amide bonds. The minimum Gasteiger partial charge on any atom is -0.366 e. The van der Waals surface area contributed by atoms with Crippen LogP contribution in [0.1, 0.15) is 31.8 Å². The summed E-state index contributed by atoms with van der Waals surface area (Å²) in [5.41, 5.74) is 14.3. The zero-order valence-electron chi connectivity index (χ0n) is 14.8. The van der Waals surface area contributed by atoms with Gasteiger partial charge in [0.1, 0.15) is 0 Å². The largest absolute Gasteiger partial charge is 0.366 e. The third-order valence-corrected chi connectivity index (χ3v) is 6.30. The summed E-state index contributed by atoms with van der Waals surface area (Å²) in [6.45, 7) is 0. The molecule has 4 aromatic carbocycles. The standard InChI is InChI=1S/C22H16Br2N2O2/c23-9-11-3-1-5-14-16(21(25)27)7-13-8-17(22(26)28)15-6-2-4-12(10-24)19(15)20(13)18(11)14/h1-8H,9-10H2,(H2,25,27)(H2,26,28). The summed E-state index contributed by atoms with van der Waals surface area (Å²) in [6, 6.07) is 15.2. The molecular weight excluding hydrogens is 484 g/mol. The average molecular weight is 500 g/mol. The first kappa shape index (κ1) is 18.9. The molecule has 0 aliphatic rings. The van der Waals surface area contributed by atoms with Gasteiger partial charge in [-0.2, -0.15) is 0 Å². The molecule has 0 aromatic heterocycles. The summed E-state index contributed by atoms with van der Waals surface area (Å²) in [6.07, 6.45) is 0. The van der Waals surface area contributed by atoms with Crippen LogP contribution in [0.3, 0.4) is 0 Å². The molecule has 0 radical (unpaired) electrons. The Balaban J connectivity index is 2.42. The van der Waals surface area contributed by atoms with Crippen LogP contribution in [0, 0.1) is 0 Å². The second-order valence-electron chi connectivity index (χ2n) is 6.62. The van der Waals surface area contributed by atoms with Crippen molar-refractivity contribution in [1.29, 1.82) is 0 Å². The molecule has 6 heteroatoms. The zero-order chi connectivity index (χ0) is 20.0. The highest BCUT2D eigenvalue weighted by atomic mass is 79.9. The molecule has 0 atom stereocenters. The van der Waals surface area contributed by atoms with Gasteiger partial charge in [0.25, 0.3) is 0 Å². The van der Waals surface area contributed by atoms with E-state index in [2.05, 4.69) is 31.9 Å². The van der Waals surface area contributed by atoms with Crippen molar-refractivity contribution in [2.45, 2.75) is 10.7 Å². The van der Waals surface area contributed by atoms with E-state index in [1.165, 1.54) is 0 Å². The van der Waals surface area contributed by atoms with Gasteiger partial charge in [-0.3, -0.25) is 9.59 Å². The van der Waals surface area contributed by atoms with Crippen molar-refractivity contribution in [2.24, 2.45) is 11.5 Å². The predicted octanol–water partition coefficient (Wildman–Crippen LogP) is 5.13. The maximum absolute atomic E-state index is 12.2. The van der Waals surface area contributed by atoms with Gasteiger partial charge in [-0.25, -0.2) is 0 Å². The second-order valence-corrected chi connectivity index (χ2v) is 7.74. The van der Waals surface area contributed by atoms with Crippen molar-refractivity contribution in [1.82, 2.24) is 0 Å². The first-order valence-corrected chi connectivity index (χ1v) is 10.9. The number of amides is 2. The van der Waals surface area contributed by atoms with Gasteiger partial charge in [-0.1, -0.05) is 68.3 Å². The molecule has 0 saturated heterocycles. The Morgan fingerprint density at radius 1 is 0.714 bits per heavy atom. The highest BCUT2D eigenvalue weighted by molar-refractivity contribution is 9.08. The van der Waals surface area contributed by atoms with Crippen LogP contribution in [-0.4, -0.2) is 11.8 Å². The maximum Gasteiger partial charge on any atom is 0.249 e. The van der Waals surface area contributed by atoms with Crippen LogP contribution < -0.4 is 11.5 Å². The highest BCUT2D eigenvalue weighted by Gasteiger charge is 2.19. The van der Waals surface area contributed by atoms with Crippen LogP contribution in [0.2, 0.25) is 0 Å². The third-order valence-electron chi connectivity index (χ3n) is 5.09. The number of nitrogens with two attached hydrogens (primary N) is 2. The SMILES string of the molecule is NC(=O)c1cc2cc(C(N)=O)c3cccc(CBr)c3c2c2c(CBr)cccc12. The number of carbonyl (C=O) groups is 2. The van der Waals surface area contributed by atoms with E-state index >= 15 is 0 Å². The Morgan fingerprint density at radius 3 is 1.50 bits per heavy atom. The van der Waals surface area contributed by atoms with Crippen molar-refractivity contribution < 1.29 is 9.59 Å². The summed E-state index contributed by atoms with van der Waals surface area (Å²) < 4.78 is 0. The van der Waals surface area contributed by atoms with Gasteiger partial charge in [0, 0.05) is 21.8 Å². The molecule has 0 bridgehead atoms. The van der Waals surface area contributed by atoms with E-state index in [0.29, 0.717) is 21.8 Å². The van der Waals surface area contributed by atoms with Crippen LogP contribution >= 0.6 is 31.9 Å². The first-order chi connectivity index (χ1) is 13.5. The summed E-state index contributed by atoms with van der Waals surface area (Å²) in [7, 11) is 0. The monoisotopic (exact) mass is 498 g/mol. The van der Waals surface area contributed by atoms with Crippen LogP contribution in [0.4, 0.5) is 0 Å². The van der Waals surface area contributed by atoms with Crippen LogP contribution in [0.25, 0.3) is 32.3 Å². The molecule has 4 nitrogen and oxygen atoms in total. The summed E-state index contributed by atoms with van der Waals surface area (Å²) in [5, 5.41) is 6.52. The van der Waals surface area contributed by atoms with E-state index < -0.39 is 11.8 Å². The molecule has 0 saturated carbocycles. The van der Waals surface area contributed by atoms with Gasteiger partial charge in [0.05, 0.1) is 0 Å². The Hall–Kier alpha value is -2.44. The van der Waals surface area contributed by atoms with Gasteiger partial charge in [-0.05, 0) is 55.6 Å². The average Bonchev–Trinajstić information content (AvgIpc) is 2.70. The van der Waals surface area contributed by atoms with Gasteiger partial charge in [-0.15, -0.1) is 0 Å². The lowest BCUT2D eigenvalue weighted by atomic mass is 9.87. The lowest BCUT2D eigenvalue weighted by Crippen LogP contribution is -2.13. The minimum absolute atomic E-state index is 0.427. The van der Waals surface area contributed by atoms with E-state index in [4.69, 9.17) is 11.5 Å². The Bertz CT molecular complexity index is 1200. The fourth-order valence-corrected chi connectivity index (χ4v) is 4.87. The number of hydrogen-bond donors (Lipinski definition) is 2. The number of halogens is 2. The van der Waals surface area contributed by atoms with E-state index in [1.807, 2.05) is 36.4 Å². The number of hydrogen-bond acceptors (Lipinski definition) is 2. The van der Waals surface area contributed by atoms with E-state index in [-0.39, 0.29) is 0 Å². The molecule has 0 heterocycles. The number of fused-ring (bicyclic) bond motifs is 5. The van der Waals surface area contributed by atoms with Crippen LogP contribution in [-0.2, 0) is 10.7 Å². The molecular formula is C22H16Br2N2O2. The molecule has 0 unspecified atom stereocenters. The number of benzene rings is 4. The van der Waals surface area contributed by atoms with Gasteiger partial charge >= 0.3 is 0 Å². The quantitative estimate of drug-likeness (QED) is 0.301. The maximum atomic E-state index is 12.2. The normalized spacial score (nSPS) is 11.4. The summed E-state index contributed by atoms with van der Waals surface area (Å²) in [4.78, 5) is 24.4. The fraction of sp³-hybridized carbons (Fsp3) is 0.0909. The first-order valence-electron chi connectivity index (χ1n) is 8.62. The van der Waals surface area contributed by atoms with Crippen molar-refractivity contribution in [3.63, 3.8) is 0 Å². The van der Waals surface area contributed by atoms with Gasteiger partial charge in [0.2, 0.25) is 11.8 Å². The lowest BCUT2D eigenvalue weighted by molar-refractivity contribution is 0.0994. The topological polar surface area (TPSA) is 86.2 Å². The molecule has 140 valence electrons. The summed E-state index contributed by atoms with van der Waals surface area (Å²) in [5.74, 6) is -1.01. The smallest absolute Gasteiger partial charge is 0.249 e. The number of primary amides is 2. The molecule has 4 N–H and O–H groups in total. The van der Waals surface area contributed by atoms with Crippen molar-refractivity contribution >= 4 is 76.0 Å². The van der Waals surface area contributed by atoms with E-state index in [9.17, 15) is 9.59 Å². The number of alkyl halides is 2. The molecule has 0 aliphatic carbocycles. The number of rotatable bonds is 4. The van der Waals surface area contributed by atoms with Crippen LogP contribution in [0.15, 0.2) is 48.5 Å². The molecule has 0 fully saturated rings. The molecule has 4 aromatic rings. The zero-order valence-corrected chi connectivity index (χ0v) is 17.9. The molecule has 0 aliphatic heterocycles. The Morgan fingerprint density at radius 2 is 1.14 bits per heavy atom. The molecule has 4 rings (SSSR count). The third kappa shape index (κ3) is 2.79. The predicted molar refractivity (Wildman–Crippen MR) is 121 cm³/mol. The van der Waals surface area contributed by atoms with Crippen molar-refractivity contribution in [3.8, 4) is 0 Å². The van der Waals surface area contributed by atoms with Gasteiger partial charge < -0.3 is 11.5 Å². The highest BCUT2D eigenvalue weighted by Crippen LogP contribution is 2.40. The number of carbonyl (C=O) groups excluding carboxylic acids is 2. The lowest BCUT2D eigenvalue weighted by Gasteiger charge is -2.17. The fourth-order valence-electron chi connectivity index (χ4n) is 3.94. The molecule has 28 heavy (non-hydrogen) atoms. The van der Waals surface area contributed by atoms with Gasteiger partial charge in [0.15, 0.2) is 0 Å². The Kier molecular flexibility index (Phi) is 4.85. The molecule has 0 spiro atoms. The summed E-state index contributed by atoms with van der Waals surface area (Å²) >= 11 is 7.13. The minimum atomic E-state index is -0.506. The van der Waals surface area contributed by atoms with E-state index in [0.717, 1.165) is 43.4 Å². The van der Waals surface area contributed by atoms with E-state index in [1.54, 1.807) is 12.1 Å². The van der Waals surface area contributed by atoms with Crippen molar-refractivity contribution in [2.75, 3.05) is 0 Å². The van der Waals surface area contributed by atoms with Crippen molar-refractivity contribution in [3.05, 3.63) is 70.8 Å². The second kappa shape index (κ2) is 7.18. The van der Waals surface area contributed by atoms with Crippen LogP contribution in [0.5, 0.6) is 0 Å².